The van der Waals surface area contributed by atoms with Gasteiger partial charge in [0.15, 0.2) is 0 Å². The first-order valence-corrected chi connectivity index (χ1v) is 9.12. The third kappa shape index (κ3) is 4.48. The summed E-state index contributed by atoms with van der Waals surface area (Å²) in [5.41, 5.74) is 4.19. The van der Waals surface area contributed by atoms with Crippen LogP contribution in [0.25, 0.3) is 0 Å². The van der Waals surface area contributed by atoms with Gasteiger partial charge in [0.2, 0.25) is 0 Å². The molecule has 1 aliphatic rings. The number of carbonyl (C=O) groups is 1. The minimum absolute atomic E-state index is 0.129. The zero-order chi connectivity index (χ0) is 19.2. The number of nitrogens with zero attached hydrogens (tertiary/aromatic N) is 3. The molecule has 2 aromatic rings. The number of aryl methyl sites for hydroxylation is 1. The van der Waals surface area contributed by atoms with E-state index in [0.29, 0.717) is 0 Å². The first-order valence-electron chi connectivity index (χ1n) is 9.12. The Morgan fingerprint density at radius 1 is 1.04 bits per heavy atom. The molecule has 0 atom stereocenters. The monoisotopic (exact) mass is 360 g/mol. The summed E-state index contributed by atoms with van der Waals surface area (Å²) in [4.78, 5) is 16.9. The molecule has 27 heavy (non-hydrogen) atoms. The van der Waals surface area contributed by atoms with E-state index in [1.165, 1.54) is 5.69 Å². The summed E-state index contributed by atoms with van der Waals surface area (Å²) in [6.07, 6.45) is 1.68. The minimum atomic E-state index is -0.364. The number of amides is 1. The Balaban J connectivity index is 1.64. The zero-order valence-corrected chi connectivity index (χ0v) is 15.8. The van der Waals surface area contributed by atoms with E-state index < -0.39 is 0 Å². The number of benzene rings is 2. The summed E-state index contributed by atoms with van der Waals surface area (Å²) in [7, 11) is 0. The average Bonchev–Trinajstić information content (AvgIpc) is 2.70. The first-order chi connectivity index (χ1) is 13.1. The molecule has 0 radical (unpaired) electrons. The van der Waals surface area contributed by atoms with Crippen LogP contribution >= 0.6 is 0 Å². The standard InChI is InChI=1S/C22H24N4O/c1-17-7-6-10-21(18(17)2)24-22(27)19(15-23)16-25-11-13-26(14-12-25)20-8-4-3-5-9-20/h3-10,16H,11-14H2,1-2H3,(H,24,27)/b19-16-. The van der Waals surface area contributed by atoms with E-state index in [9.17, 15) is 10.1 Å². The molecule has 1 fully saturated rings. The second-order valence-corrected chi connectivity index (χ2v) is 6.71. The van der Waals surface area contributed by atoms with E-state index in [1.54, 1.807) is 6.20 Å². The Labute approximate surface area is 160 Å². The van der Waals surface area contributed by atoms with Crippen molar-refractivity contribution in [3.05, 3.63) is 71.4 Å². The van der Waals surface area contributed by atoms with Crippen molar-refractivity contribution in [2.24, 2.45) is 0 Å². The number of hydrogen-bond acceptors (Lipinski definition) is 4. The highest BCUT2D eigenvalue weighted by Gasteiger charge is 2.18. The van der Waals surface area contributed by atoms with Crippen LogP contribution in [0.3, 0.4) is 0 Å². The molecule has 1 saturated heterocycles. The largest absolute Gasteiger partial charge is 0.373 e. The highest BCUT2D eigenvalue weighted by atomic mass is 16.1. The van der Waals surface area contributed by atoms with Crippen molar-refractivity contribution in [2.75, 3.05) is 36.4 Å². The third-order valence-electron chi connectivity index (χ3n) is 4.97. The normalized spacial score (nSPS) is 14.6. The van der Waals surface area contributed by atoms with E-state index in [4.69, 9.17) is 0 Å². The minimum Gasteiger partial charge on any atom is -0.373 e. The molecule has 3 rings (SSSR count). The molecule has 0 aliphatic carbocycles. The van der Waals surface area contributed by atoms with Gasteiger partial charge < -0.3 is 15.1 Å². The zero-order valence-electron chi connectivity index (χ0n) is 15.8. The van der Waals surface area contributed by atoms with E-state index in [0.717, 1.165) is 43.0 Å². The third-order valence-corrected chi connectivity index (χ3v) is 4.97. The lowest BCUT2D eigenvalue weighted by Gasteiger charge is -2.35. The summed E-state index contributed by atoms with van der Waals surface area (Å²) in [6, 6.07) is 18.1. The van der Waals surface area contributed by atoms with E-state index in [1.807, 2.05) is 61.2 Å². The Bertz CT molecular complexity index is 875. The maximum Gasteiger partial charge on any atom is 0.267 e. The lowest BCUT2D eigenvalue weighted by molar-refractivity contribution is -0.112. The summed E-state index contributed by atoms with van der Waals surface area (Å²) in [5.74, 6) is -0.364. The van der Waals surface area contributed by atoms with E-state index in [2.05, 4.69) is 22.3 Å². The summed E-state index contributed by atoms with van der Waals surface area (Å²) in [5, 5.41) is 12.3. The number of para-hydroxylation sites is 1. The first kappa shape index (κ1) is 18.5. The van der Waals surface area contributed by atoms with Crippen LogP contribution in [0.5, 0.6) is 0 Å². The molecule has 5 nitrogen and oxygen atoms in total. The highest BCUT2D eigenvalue weighted by Crippen LogP contribution is 2.19. The molecule has 0 unspecified atom stereocenters. The molecule has 0 bridgehead atoms. The Hall–Kier alpha value is -3.26. The van der Waals surface area contributed by atoms with Gasteiger partial charge in [-0.15, -0.1) is 0 Å². The molecule has 1 amide bonds. The van der Waals surface area contributed by atoms with Crippen LogP contribution in [0.2, 0.25) is 0 Å². The van der Waals surface area contributed by atoms with Crippen molar-refractivity contribution in [1.29, 1.82) is 5.26 Å². The van der Waals surface area contributed by atoms with Gasteiger partial charge in [-0.1, -0.05) is 30.3 Å². The lowest BCUT2D eigenvalue weighted by atomic mass is 10.1. The van der Waals surface area contributed by atoms with E-state index >= 15 is 0 Å². The van der Waals surface area contributed by atoms with Gasteiger partial charge in [-0.2, -0.15) is 5.26 Å². The fourth-order valence-electron chi connectivity index (χ4n) is 3.15. The molecule has 0 spiro atoms. The van der Waals surface area contributed by atoms with Crippen molar-refractivity contribution >= 4 is 17.3 Å². The smallest absolute Gasteiger partial charge is 0.267 e. The van der Waals surface area contributed by atoms with Gasteiger partial charge in [-0.05, 0) is 43.2 Å². The molecular weight excluding hydrogens is 336 g/mol. The molecule has 138 valence electrons. The van der Waals surface area contributed by atoms with Crippen LogP contribution in [-0.4, -0.2) is 37.0 Å². The van der Waals surface area contributed by atoms with Crippen LogP contribution in [0.4, 0.5) is 11.4 Å². The summed E-state index contributed by atoms with van der Waals surface area (Å²) in [6.45, 7) is 7.23. The van der Waals surface area contributed by atoms with Crippen molar-refractivity contribution < 1.29 is 4.79 Å². The SMILES string of the molecule is Cc1cccc(NC(=O)/C(C#N)=C\N2CCN(c3ccccc3)CC2)c1C. The molecule has 0 saturated carbocycles. The van der Waals surface area contributed by atoms with Gasteiger partial charge in [0.1, 0.15) is 11.6 Å². The van der Waals surface area contributed by atoms with E-state index in [-0.39, 0.29) is 11.5 Å². The van der Waals surface area contributed by atoms with Gasteiger partial charge in [0.25, 0.3) is 5.91 Å². The lowest BCUT2D eigenvalue weighted by Crippen LogP contribution is -2.44. The number of hydrogen-bond donors (Lipinski definition) is 1. The Kier molecular flexibility index (Phi) is 5.77. The van der Waals surface area contributed by atoms with Crippen molar-refractivity contribution in [3.63, 3.8) is 0 Å². The number of nitriles is 1. The van der Waals surface area contributed by atoms with Gasteiger partial charge in [0, 0.05) is 43.8 Å². The van der Waals surface area contributed by atoms with Crippen molar-refractivity contribution in [1.82, 2.24) is 4.90 Å². The number of nitrogens with one attached hydrogen (secondary N) is 1. The second-order valence-electron chi connectivity index (χ2n) is 6.71. The van der Waals surface area contributed by atoms with Gasteiger partial charge >= 0.3 is 0 Å². The topological polar surface area (TPSA) is 59.4 Å². The average molecular weight is 360 g/mol. The molecular formula is C22H24N4O. The van der Waals surface area contributed by atoms with Crippen molar-refractivity contribution in [3.8, 4) is 6.07 Å². The predicted molar refractivity (Wildman–Crippen MR) is 108 cm³/mol. The highest BCUT2D eigenvalue weighted by molar-refractivity contribution is 6.06. The van der Waals surface area contributed by atoms with Crippen LogP contribution < -0.4 is 10.2 Å². The molecule has 1 heterocycles. The number of piperazine rings is 1. The molecule has 1 N–H and O–H groups in total. The Morgan fingerprint density at radius 2 is 1.74 bits per heavy atom. The van der Waals surface area contributed by atoms with Crippen molar-refractivity contribution in [2.45, 2.75) is 13.8 Å². The fraction of sp³-hybridized carbons (Fsp3) is 0.273. The number of anilines is 2. The second kappa shape index (κ2) is 8.41. The van der Waals surface area contributed by atoms with Gasteiger partial charge in [-0.25, -0.2) is 0 Å². The summed E-state index contributed by atoms with van der Waals surface area (Å²) < 4.78 is 0. The van der Waals surface area contributed by atoms with Gasteiger partial charge in [0.05, 0.1) is 0 Å². The van der Waals surface area contributed by atoms with Gasteiger partial charge in [-0.3, -0.25) is 4.79 Å². The summed E-state index contributed by atoms with van der Waals surface area (Å²) >= 11 is 0. The number of carbonyl (C=O) groups excluding carboxylic acids is 1. The van der Waals surface area contributed by atoms with Crippen LogP contribution in [0.1, 0.15) is 11.1 Å². The molecule has 1 aliphatic heterocycles. The fourth-order valence-corrected chi connectivity index (χ4v) is 3.15. The number of rotatable bonds is 4. The Morgan fingerprint density at radius 3 is 2.41 bits per heavy atom. The molecule has 2 aromatic carbocycles. The predicted octanol–water partition coefficient (Wildman–Crippen LogP) is 3.47. The van der Waals surface area contributed by atoms with Crippen LogP contribution in [-0.2, 0) is 4.79 Å². The molecule has 0 aromatic heterocycles. The van der Waals surface area contributed by atoms with Crippen LogP contribution in [0.15, 0.2) is 60.3 Å². The maximum absolute atomic E-state index is 12.5. The quantitative estimate of drug-likeness (QED) is 0.670. The maximum atomic E-state index is 12.5. The molecule has 5 heteroatoms. The van der Waals surface area contributed by atoms with Crippen LogP contribution in [0, 0.1) is 25.2 Å².